The van der Waals surface area contributed by atoms with Crippen LogP contribution in [0.5, 0.6) is 0 Å². The largest absolute Gasteiger partial charge is 0.417 e. The van der Waals surface area contributed by atoms with Gasteiger partial charge in [0.1, 0.15) is 0 Å². The van der Waals surface area contributed by atoms with Crippen molar-refractivity contribution in [2.75, 3.05) is 31.5 Å². The monoisotopic (exact) mass is 598 g/mol. The van der Waals surface area contributed by atoms with Crippen molar-refractivity contribution in [3.05, 3.63) is 64.2 Å². The van der Waals surface area contributed by atoms with Gasteiger partial charge in [0.2, 0.25) is 0 Å². The summed E-state index contributed by atoms with van der Waals surface area (Å²) in [5.41, 5.74) is 1.09. The molecule has 6 rings (SSSR count). The number of carbonyl (C=O) groups is 1. The van der Waals surface area contributed by atoms with E-state index in [0.29, 0.717) is 23.9 Å². The topological polar surface area (TPSA) is 59.4 Å². The number of amides is 2. The predicted molar refractivity (Wildman–Crippen MR) is 157 cm³/mol. The SMILES string of the molecule is N#Cc1cccc([C@]23CC[C@@H](N(CCC4CCN(CC5CC5)CC4)C(=O)Nc4ccc(Cl)c(C(F)(F)F)c4)C[C@H]2C3)c1. The molecule has 1 heterocycles. The van der Waals surface area contributed by atoms with E-state index in [4.69, 9.17) is 11.6 Å². The fraction of sp³-hybridized carbons (Fsp3) is 0.576. The average molecular weight is 599 g/mol. The fourth-order valence-corrected chi connectivity index (χ4v) is 7.68. The number of nitrogens with zero attached hydrogens (tertiary/aromatic N) is 3. The normalized spacial score (nSPS) is 26.3. The first-order valence-corrected chi connectivity index (χ1v) is 15.7. The standard InChI is InChI=1S/C33H38ClF3N4O/c34-30-7-6-27(18-29(30)33(35,36)37)39-31(42)41(15-11-22-9-13-40(14-10-22)21-23-4-5-23)28-8-12-32(19-26(32)17-28)25-3-1-2-24(16-25)20-38/h1-3,6-7,16,18,22-23,26,28H,4-5,8-15,17,19,21H2,(H,39,42)/t26-,28+,32+/m0/s1. The van der Waals surface area contributed by atoms with Gasteiger partial charge in [0.25, 0.3) is 0 Å². The highest BCUT2D eigenvalue weighted by molar-refractivity contribution is 6.31. The summed E-state index contributed by atoms with van der Waals surface area (Å²) in [7, 11) is 0. The van der Waals surface area contributed by atoms with Crippen LogP contribution in [0.25, 0.3) is 0 Å². The van der Waals surface area contributed by atoms with E-state index in [0.717, 1.165) is 70.0 Å². The summed E-state index contributed by atoms with van der Waals surface area (Å²) >= 11 is 5.82. The number of halogens is 4. The lowest BCUT2D eigenvalue weighted by Crippen LogP contribution is -2.46. The Labute approximate surface area is 251 Å². The number of hydrogen-bond acceptors (Lipinski definition) is 3. The Morgan fingerprint density at radius 1 is 1.10 bits per heavy atom. The maximum atomic E-state index is 13.7. The van der Waals surface area contributed by atoms with Crippen LogP contribution in [0.3, 0.4) is 0 Å². The summed E-state index contributed by atoms with van der Waals surface area (Å²) < 4.78 is 40.5. The van der Waals surface area contributed by atoms with E-state index >= 15 is 0 Å². The Morgan fingerprint density at radius 2 is 1.88 bits per heavy atom. The van der Waals surface area contributed by atoms with Crippen molar-refractivity contribution in [1.29, 1.82) is 5.26 Å². The van der Waals surface area contributed by atoms with Crippen LogP contribution in [0, 0.1) is 29.1 Å². The van der Waals surface area contributed by atoms with Gasteiger partial charge in [0, 0.05) is 24.8 Å². The van der Waals surface area contributed by atoms with Gasteiger partial charge >= 0.3 is 12.2 Å². The van der Waals surface area contributed by atoms with Crippen molar-refractivity contribution in [1.82, 2.24) is 9.80 Å². The first-order chi connectivity index (χ1) is 20.1. The molecule has 42 heavy (non-hydrogen) atoms. The number of nitrogens with one attached hydrogen (secondary N) is 1. The van der Waals surface area contributed by atoms with Gasteiger partial charge in [0.15, 0.2) is 0 Å². The van der Waals surface area contributed by atoms with Crippen LogP contribution in [0.1, 0.15) is 74.5 Å². The number of anilines is 1. The Bertz CT molecular complexity index is 1350. The lowest BCUT2D eigenvalue weighted by atomic mass is 9.79. The maximum absolute atomic E-state index is 13.7. The highest BCUT2D eigenvalue weighted by atomic mass is 35.5. The highest BCUT2D eigenvalue weighted by Crippen LogP contribution is 2.63. The number of hydrogen-bond donors (Lipinski definition) is 1. The quantitative estimate of drug-likeness (QED) is 0.334. The predicted octanol–water partition coefficient (Wildman–Crippen LogP) is 8.09. The molecule has 5 nitrogen and oxygen atoms in total. The molecule has 3 aliphatic carbocycles. The van der Waals surface area contributed by atoms with Crippen molar-refractivity contribution in [3.63, 3.8) is 0 Å². The maximum Gasteiger partial charge on any atom is 0.417 e. The van der Waals surface area contributed by atoms with Crippen LogP contribution >= 0.6 is 11.6 Å². The number of fused-ring (bicyclic) bond motifs is 1. The lowest BCUT2D eigenvalue weighted by Gasteiger charge is -2.38. The van der Waals surface area contributed by atoms with Gasteiger partial charge in [-0.25, -0.2) is 4.79 Å². The summed E-state index contributed by atoms with van der Waals surface area (Å²) in [4.78, 5) is 18.2. The van der Waals surface area contributed by atoms with Gasteiger partial charge in [0.05, 0.1) is 22.2 Å². The average Bonchev–Trinajstić information content (AvgIpc) is 3.90. The van der Waals surface area contributed by atoms with Crippen molar-refractivity contribution < 1.29 is 18.0 Å². The molecule has 3 saturated carbocycles. The zero-order valence-corrected chi connectivity index (χ0v) is 24.6. The summed E-state index contributed by atoms with van der Waals surface area (Å²) in [6.45, 7) is 4.01. The van der Waals surface area contributed by atoms with Crippen LogP contribution < -0.4 is 5.32 Å². The number of nitriles is 1. The second-order valence-corrected chi connectivity index (χ2v) is 13.4. The summed E-state index contributed by atoms with van der Waals surface area (Å²) in [5.74, 6) is 1.86. The van der Waals surface area contributed by atoms with Gasteiger partial charge in [-0.2, -0.15) is 18.4 Å². The second-order valence-electron chi connectivity index (χ2n) is 13.0. The molecule has 3 atom stereocenters. The minimum Gasteiger partial charge on any atom is -0.322 e. The number of rotatable bonds is 8. The molecule has 4 aliphatic rings. The molecule has 0 spiro atoms. The van der Waals surface area contributed by atoms with E-state index in [9.17, 15) is 23.2 Å². The molecular formula is C33H38ClF3N4O. The highest BCUT2D eigenvalue weighted by Gasteiger charge is 2.58. The third-order valence-electron chi connectivity index (χ3n) is 10.2. The van der Waals surface area contributed by atoms with Crippen molar-refractivity contribution in [2.24, 2.45) is 17.8 Å². The number of urea groups is 1. The van der Waals surface area contributed by atoms with Crippen LogP contribution in [0.15, 0.2) is 42.5 Å². The molecule has 2 aromatic rings. The van der Waals surface area contributed by atoms with E-state index in [1.165, 1.54) is 37.1 Å². The first kappa shape index (κ1) is 29.3. The zero-order valence-electron chi connectivity index (χ0n) is 23.8. The number of carbonyl (C=O) groups excluding carboxylic acids is 1. The van der Waals surface area contributed by atoms with E-state index in [-0.39, 0.29) is 28.2 Å². The molecular weight excluding hydrogens is 561 g/mol. The molecule has 1 saturated heterocycles. The van der Waals surface area contributed by atoms with Gasteiger partial charge in [-0.1, -0.05) is 23.7 Å². The van der Waals surface area contributed by atoms with E-state index in [1.54, 1.807) is 0 Å². The van der Waals surface area contributed by atoms with Gasteiger partial charge < -0.3 is 15.1 Å². The second kappa shape index (κ2) is 11.7. The first-order valence-electron chi connectivity index (χ1n) is 15.3. The number of likely N-dealkylation sites (tertiary alicyclic amines) is 1. The summed E-state index contributed by atoms with van der Waals surface area (Å²) in [6.07, 6.45) is 4.92. The van der Waals surface area contributed by atoms with E-state index in [1.807, 2.05) is 23.1 Å². The summed E-state index contributed by atoms with van der Waals surface area (Å²) in [6, 6.07) is 13.3. The third kappa shape index (κ3) is 6.43. The van der Waals surface area contributed by atoms with Crippen molar-refractivity contribution in [3.8, 4) is 6.07 Å². The Hall–Kier alpha value is -2.76. The van der Waals surface area contributed by atoms with E-state index in [2.05, 4.69) is 22.4 Å². The van der Waals surface area contributed by atoms with Gasteiger partial charge in [-0.3, -0.25) is 0 Å². The molecule has 0 aromatic heterocycles. The molecule has 9 heteroatoms. The molecule has 0 unspecified atom stereocenters. The molecule has 2 amide bonds. The van der Waals surface area contributed by atoms with Gasteiger partial charge in [-0.05, 0) is 130 Å². The molecule has 224 valence electrons. The smallest absolute Gasteiger partial charge is 0.322 e. The van der Waals surface area contributed by atoms with Crippen molar-refractivity contribution in [2.45, 2.75) is 75.4 Å². The molecule has 0 bridgehead atoms. The molecule has 2 aromatic carbocycles. The lowest BCUT2D eigenvalue weighted by molar-refractivity contribution is -0.137. The Balaban J connectivity index is 1.14. The molecule has 4 fully saturated rings. The van der Waals surface area contributed by atoms with Crippen LogP contribution in [-0.2, 0) is 11.6 Å². The van der Waals surface area contributed by atoms with Crippen LogP contribution in [-0.4, -0.2) is 48.1 Å². The summed E-state index contributed by atoms with van der Waals surface area (Å²) in [5, 5.41) is 11.8. The van der Waals surface area contributed by atoms with Crippen LogP contribution in [0.2, 0.25) is 5.02 Å². The minimum absolute atomic E-state index is 0.0223. The molecule has 1 aliphatic heterocycles. The van der Waals surface area contributed by atoms with Gasteiger partial charge in [-0.15, -0.1) is 0 Å². The number of alkyl halides is 3. The van der Waals surface area contributed by atoms with E-state index < -0.39 is 11.7 Å². The fourth-order valence-electron chi connectivity index (χ4n) is 7.46. The molecule has 0 radical (unpaired) electrons. The van der Waals surface area contributed by atoms with Crippen molar-refractivity contribution >= 4 is 23.3 Å². The number of benzene rings is 2. The third-order valence-corrected chi connectivity index (χ3v) is 10.5. The number of piperidine rings is 1. The Morgan fingerprint density at radius 3 is 2.57 bits per heavy atom. The minimum atomic E-state index is -4.60. The Kier molecular flexibility index (Phi) is 8.19. The van der Waals surface area contributed by atoms with Crippen LogP contribution in [0.4, 0.5) is 23.7 Å². The zero-order chi connectivity index (χ0) is 29.5. The molecule has 1 N–H and O–H groups in total.